The number of fused-ring (bicyclic) bond motifs is 1. The molecule has 0 aliphatic carbocycles. The van der Waals surface area contributed by atoms with Gasteiger partial charge in [-0.2, -0.15) is 0 Å². The normalized spacial score (nSPS) is 10.8. The van der Waals surface area contributed by atoms with Gasteiger partial charge >= 0.3 is 6.03 Å². The van der Waals surface area contributed by atoms with Crippen LogP contribution in [-0.4, -0.2) is 29.2 Å². The van der Waals surface area contributed by atoms with E-state index in [0.29, 0.717) is 27.9 Å². The zero-order chi connectivity index (χ0) is 17.6. The van der Waals surface area contributed by atoms with E-state index in [-0.39, 0.29) is 5.75 Å². The molecule has 0 saturated heterocycles. The number of nitrogens with one attached hydrogen (secondary N) is 2. The molecule has 0 fully saturated rings. The maximum absolute atomic E-state index is 11.8. The highest BCUT2D eigenvalue weighted by molar-refractivity contribution is 7.99. The maximum atomic E-state index is 11.8. The summed E-state index contributed by atoms with van der Waals surface area (Å²) in [5.74, 6) is -0.391. The van der Waals surface area contributed by atoms with Gasteiger partial charge in [-0.1, -0.05) is 29.4 Å². The minimum atomic E-state index is -0.508. The van der Waals surface area contributed by atoms with Gasteiger partial charge in [0.05, 0.1) is 5.75 Å². The molecule has 0 radical (unpaired) electrons. The fraction of sp³-hybridized carbons (Fsp3) is 0.188. The van der Waals surface area contributed by atoms with Gasteiger partial charge in [-0.05, 0) is 36.1 Å². The van der Waals surface area contributed by atoms with Gasteiger partial charge in [-0.25, -0.2) is 9.78 Å². The summed E-state index contributed by atoms with van der Waals surface area (Å²) in [6.07, 6.45) is 0.736. The Labute approximate surface area is 156 Å². The molecule has 0 unspecified atom stereocenters. The van der Waals surface area contributed by atoms with E-state index in [1.807, 2.05) is 17.5 Å². The first-order chi connectivity index (χ1) is 12.1. The van der Waals surface area contributed by atoms with Crippen molar-refractivity contribution < 1.29 is 14.0 Å². The Morgan fingerprint density at radius 3 is 3.00 bits per heavy atom. The van der Waals surface area contributed by atoms with Gasteiger partial charge in [-0.15, -0.1) is 11.3 Å². The summed E-state index contributed by atoms with van der Waals surface area (Å²) in [6.45, 7) is 0.471. The smallest absolute Gasteiger partial charge is 0.321 e. The number of halogens is 1. The van der Waals surface area contributed by atoms with Crippen LogP contribution in [0.5, 0.6) is 0 Å². The van der Waals surface area contributed by atoms with Crippen molar-refractivity contribution in [1.82, 2.24) is 15.6 Å². The van der Waals surface area contributed by atoms with Crippen LogP contribution in [-0.2, 0) is 11.2 Å². The van der Waals surface area contributed by atoms with Crippen molar-refractivity contribution in [3.05, 3.63) is 45.6 Å². The summed E-state index contributed by atoms with van der Waals surface area (Å²) in [5.41, 5.74) is 1.22. The van der Waals surface area contributed by atoms with E-state index < -0.39 is 11.9 Å². The Hall–Kier alpha value is -2.03. The van der Waals surface area contributed by atoms with Gasteiger partial charge in [0.2, 0.25) is 5.91 Å². The van der Waals surface area contributed by atoms with Crippen LogP contribution in [0.15, 0.2) is 45.4 Å². The zero-order valence-electron chi connectivity index (χ0n) is 13.0. The zero-order valence-corrected chi connectivity index (χ0v) is 15.3. The summed E-state index contributed by atoms with van der Waals surface area (Å²) in [7, 11) is 0. The number of hydrogen-bond donors (Lipinski definition) is 2. The average Bonchev–Trinajstić information content (AvgIpc) is 3.21. The lowest BCUT2D eigenvalue weighted by molar-refractivity contribution is -0.117. The Morgan fingerprint density at radius 2 is 2.20 bits per heavy atom. The molecular formula is C16H14ClN3O3S2. The molecule has 9 heteroatoms. The summed E-state index contributed by atoms with van der Waals surface area (Å²) in [5, 5.41) is 7.83. The summed E-state index contributed by atoms with van der Waals surface area (Å²) >= 11 is 8.63. The Balaban J connectivity index is 1.41. The summed E-state index contributed by atoms with van der Waals surface area (Å²) in [6, 6.07) is 8.56. The number of rotatable bonds is 6. The summed E-state index contributed by atoms with van der Waals surface area (Å²) in [4.78, 5) is 28.9. The molecule has 0 atom stereocenters. The molecule has 3 aromatic rings. The molecule has 25 heavy (non-hydrogen) atoms. The van der Waals surface area contributed by atoms with Crippen LogP contribution in [0.25, 0.3) is 11.1 Å². The van der Waals surface area contributed by atoms with E-state index in [9.17, 15) is 9.59 Å². The number of carbonyl (C=O) groups excluding carboxylic acids is 2. The Morgan fingerprint density at radius 1 is 1.32 bits per heavy atom. The molecule has 130 valence electrons. The van der Waals surface area contributed by atoms with Crippen molar-refractivity contribution in [1.29, 1.82) is 0 Å². The molecule has 0 aliphatic heterocycles. The number of thioether (sulfide) groups is 1. The van der Waals surface area contributed by atoms with Crippen molar-refractivity contribution >= 4 is 57.7 Å². The number of oxazole rings is 1. The molecule has 2 heterocycles. The van der Waals surface area contributed by atoms with Gasteiger partial charge in [0.25, 0.3) is 5.22 Å². The van der Waals surface area contributed by atoms with Crippen LogP contribution in [0.3, 0.4) is 0 Å². The van der Waals surface area contributed by atoms with E-state index in [1.165, 1.54) is 4.88 Å². The number of carbonyl (C=O) groups is 2. The predicted octanol–water partition coefficient (Wildman–Crippen LogP) is 3.70. The van der Waals surface area contributed by atoms with Crippen LogP contribution < -0.4 is 10.6 Å². The van der Waals surface area contributed by atoms with Crippen LogP contribution in [0.4, 0.5) is 4.79 Å². The van der Waals surface area contributed by atoms with Crippen molar-refractivity contribution in [2.75, 3.05) is 12.3 Å². The molecule has 2 N–H and O–H groups in total. The van der Waals surface area contributed by atoms with E-state index in [1.54, 1.807) is 29.5 Å². The Bertz CT molecular complexity index is 880. The van der Waals surface area contributed by atoms with Gasteiger partial charge in [0.15, 0.2) is 5.58 Å². The minimum absolute atomic E-state index is 0.0267. The topological polar surface area (TPSA) is 84.2 Å². The van der Waals surface area contributed by atoms with Crippen molar-refractivity contribution in [3.8, 4) is 0 Å². The second kappa shape index (κ2) is 8.37. The fourth-order valence-corrected chi connectivity index (χ4v) is 3.54. The van der Waals surface area contributed by atoms with Gasteiger partial charge in [0, 0.05) is 16.4 Å². The van der Waals surface area contributed by atoms with E-state index in [0.717, 1.165) is 18.2 Å². The van der Waals surface area contributed by atoms with Crippen molar-refractivity contribution in [2.24, 2.45) is 0 Å². The SMILES string of the molecule is O=C(CSc1nc2cc(Cl)ccc2o1)NC(=O)NCCc1cccs1. The molecule has 0 aliphatic rings. The highest BCUT2D eigenvalue weighted by Gasteiger charge is 2.12. The molecule has 0 saturated carbocycles. The molecule has 3 amide bonds. The Kier molecular flexibility index (Phi) is 5.95. The first-order valence-electron chi connectivity index (χ1n) is 7.39. The fourth-order valence-electron chi connectivity index (χ4n) is 2.03. The molecule has 1 aromatic carbocycles. The highest BCUT2D eigenvalue weighted by Crippen LogP contribution is 2.25. The number of benzene rings is 1. The van der Waals surface area contributed by atoms with Gasteiger partial charge in [0.1, 0.15) is 5.52 Å². The standard InChI is InChI=1S/C16H14ClN3O3S2/c17-10-3-4-13-12(8-10)19-16(23-13)25-9-14(21)20-15(22)18-6-5-11-2-1-7-24-11/h1-4,7-8H,5-6,9H2,(H2,18,20,21,22). The maximum Gasteiger partial charge on any atom is 0.321 e. The van der Waals surface area contributed by atoms with E-state index in [2.05, 4.69) is 15.6 Å². The molecule has 3 rings (SSSR count). The second-order valence-electron chi connectivity index (χ2n) is 5.01. The lowest BCUT2D eigenvalue weighted by atomic mass is 10.3. The number of aromatic nitrogens is 1. The largest absolute Gasteiger partial charge is 0.431 e. The molecule has 6 nitrogen and oxygen atoms in total. The number of thiophene rings is 1. The van der Waals surface area contributed by atoms with Gasteiger partial charge in [-0.3, -0.25) is 10.1 Å². The third kappa shape index (κ3) is 5.22. The predicted molar refractivity (Wildman–Crippen MR) is 99.3 cm³/mol. The van der Waals surface area contributed by atoms with Crippen molar-refractivity contribution in [3.63, 3.8) is 0 Å². The van der Waals surface area contributed by atoms with Crippen molar-refractivity contribution in [2.45, 2.75) is 11.6 Å². The molecule has 0 bridgehead atoms. The number of hydrogen-bond acceptors (Lipinski definition) is 6. The molecule has 2 aromatic heterocycles. The van der Waals surface area contributed by atoms with Crippen LogP contribution in [0.2, 0.25) is 5.02 Å². The lowest BCUT2D eigenvalue weighted by Crippen LogP contribution is -2.41. The third-order valence-electron chi connectivity index (χ3n) is 3.15. The monoisotopic (exact) mass is 395 g/mol. The lowest BCUT2D eigenvalue weighted by Gasteiger charge is -2.05. The molecule has 0 spiro atoms. The first kappa shape index (κ1) is 17.8. The second-order valence-corrected chi connectivity index (χ2v) is 7.41. The quantitative estimate of drug-likeness (QED) is 0.621. The number of nitrogens with zero attached hydrogens (tertiary/aromatic N) is 1. The van der Waals surface area contributed by atoms with Crippen LogP contribution >= 0.6 is 34.7 Å². The highest BCUT2D eigenvalue weighted by atomic mass is 35.5. The van der Waals surface area contributed by atoms with Crippen LogP contribution in [0, 0.1) is 0 Å². The summed E-state index contributed by atoms with van der Waals surface area (Å²) < 4.78 is 5.50. The van der Waals surface area contributed by atoms with Crippen LogP contribution in [0.1, 0.15) is 4.88 Å². The first-order valence-corrected chi connectivity index (χ1v) is 9.63. The molecular weight excluding hydrogens is 382 g/mol. The number of amides is 3. The third-order valence-corrected chi connectivity index (χ3v) is 5.15. The minimum Gasteiger partial charge on any atom is -0.431 e. The van der Waals surface area contributed by atoms with Gasteiger partial charge < -0.3 is 9.73 Å². The van der Waals surface area contributed by atoms with E-state index >= 15 is 0 Å². The van der Waals surface area contributed by atoms with E-state index in [4.69, 9.17) is 16.0 Å². The average molecular weight is 396 g/mol. The number of imide groups is 1. The number of urea groups is 1.